The number of hydrogen-bond donors (Lipinski definition) is 2. The monoisotopic (exact) mass is 287 g/mol. The maximum Gasteiger partial charge on any atom is 0.127 e. The lowest BCUT2D eigenvalue weighted by molar-refractivity contribution is 0.270. The molecule has 21 heavy (non-hydrogen) atoms. The van der Waals surface area contributed by atoms with Crippen molar-refractivity contribution in [1.29, 1.82) is 0 Å². The molecule has 114 valence electrons. The minimum atomic E-state index is 0.0956. The number of nitrogens with one attached hydrogen (secondary N) is 1. The summed E-state index contributed by atoms with van der Waals surface area (Å²) in [5, 5.41) is 17.0. The van der Waals surface area contributed by atoms with Crippen molar-refractivity contribution in [3.05, 3.63) is 46.6 Å². The second-order valence-electron chi connectivity index (χ2n) is 5.76. The molecular weight excluding hydrogens is 262 g/mol. The molecule has 4 heteroatoms. The van der Waals surface area contributed by atoms with Crippen molar-refractivity contribution in [3.8, 4) is 0 Å². The Kier molecular flexibility index (Phi) is 5.02. The molecule has 0 aliphatic rings. The Morgan fingerprint density at radius 3 is 2.43 bits per heavy atom. The average molecular weight is 287 g/mol. The van der Waals surface area contributed by atoms with Crippen molar-refractivity contribution < 1.29 is 5.11 Å². The van der Waals surface area contributed by atoms with Crippen LogP contribution in [-0.4, -0.2) is 21.5 Å². The van der Waals surface area contributed by atoms with Crippen molar-refractivity contribution in [2.24, 2.45) is 0 Å². The molecule has 1 aromatic heterocycles. The molecule has 2 rings (SSSR count). The summed E-state index contributed by atoms with van der Waals surface area (Å²) in [4.78, 5) is 0. The number of aromatic nitrogens is 2. The van der Waals surface area contributed by atoms with E-state index in [2.05, 4.69) is 55.5 Å². The summed E-state index contributed by atoms with van der Waals surface area (Å²) in [5.41, 5.74) is 4.74. The smallest absolute Gasteiger partial charge is 0.127 e. The Morgan fingerprint density at radius 1 is 1.19 bits per heavy atom. The van der Waals surface area contributed by atoms with Gasteiger partial charge in [0.15, 0.2) is 0 Å². The Bertz CT molecular complexity index is 585. The van der Waals surface area contributed by atoms with Gasteiger partial charge in [-0.1, -0.05) is 38.1 Å². The largest absolute Gasteiger partial charge is 0.394 e. The van der Waals surface area contributed by atoms with E-state index in [0.29, 0.717) is 12.5 Å². The van der Waals surface area contributed by atoms with Gasteiger partial charge in [-0.05, 0) is 30.9 Å². The number of nitrogens with zero attached hydrogens (tertiary/aromatic N) is 2. The van der Waals surface area contributed by atoms with E-state index in [1.54, 1.807) is 0 Å². The average Bonchev–Trinajstić information content (AvgIpc) is 2.73. The van der Waals surface area contributed by atoms with Crippen molar-refractivity contribution in [1.82, 2.24) is 9.78 Å². The van der Waals surface area contributed by atoms with Crippen LogP contribution < -0.4 is 5.32 Å². The van der Waals surface area contributed by atoms with Crippen molar-refractivity contribution in [3.63, 3.8) is 0 Å². The first-order valence-electron chi connectivity index (χ1n) is 7.50. The Morgan fingerprint density at radius 2 is 1.86 bits per heavy atom. The third-order valence-electron chi connectivity index (χ3n) is 3.84. The number of aliphatic hydroxyl groups is 1. The standard InChI is InChI=1S/C17H25N3O/c1-12(2)16-7-5-15(6-8-16)11-18-17-13(3)14(4)19-20(17)9-10-21/h5-8,12,18,21H,9-11H2,1-4H3. The Hall–Kier alpha value is -1.81. The molecule has 1 heterocycles. The van der Waals surface area contributed by atoms with Gasteiger partial charge in [-0.2, -0.15) is 5.10 Å². The summed E-state index contributed by atoms with van der Waals surface area (Å²) in [6.45, 7) is 9.82. The van der Waals surface area contributed by atoms with Crippen LogP contribution in [0.5, 0.6) is 0 Å². The van der Waals surface area contributed by atoms with Gasteiger partial charge >= 0.3 is 0 Å². The normalized spacial score (nSPS) is 11.1. The predicted octanol–water partition coefficient (Wildman–Crippen LogP) is 3.23. The number of hydrogen-bond acceptors (Lipinski definition) is 3. The summed E-state index contributed by atoms with van der Waals surface area (Å²) in [6, 6.07) is 8.70. The molecule has 0 unspecified atom stereocenters. The lowest BCUT2D eigenvalue weighted by Gasteiger charge is -2.11. The van der Waals surface area contributed by atoms with Gasteiger partial charge in [0, 0.05) is 12.1 Å². The zero-order chi connectivity index (χ0) is 15.4. The molecule has 0 bridgehead atoms. The highest BCUT2D eigenvalue weighted by Gasteiger charge is 2.10. The van der Waals surface area contributed by atoms with Crippen LogP contribution in [-0.2, 0) is 13.1 Å². The highest BCUT2D eigenvalue weighted by atomic mass is 16.3. The minimum absolute atomic E-state index is 0.0956. The Balaban J connectivity index is 2.09. The van der Waals surface area contributed by atoms with Gasteiger partial charge in [0.25, 0.3) is 0 Å². The number of rotatable bonds is 6. The van der Waals surface area contributed by atoms with Crippen molar-refractivity contribution in [2.45, 2.75) is 46.7 Å². The third-order valence-corrected chi connectivity index (χ3v) is 3.84. The fourth-order valence-electron chi connectivity index (χ4n) is 2.36. The van der Waals surface area contributed by atoms with Gasteiger partial charge in [-0.15, -0.1) is 0 Å². The second kappa shape index (κ2) is 6.76. The number of aryl methyl sites for hydroxylation is 1. The van der Waals surface area contributed by atoms with Crippen LogP contribution in [0, 0.1) is 13.8 Å². The first-order chi connectivity index (χ1) is 10.0. The van der Waals surface area contributed by atoms with E-state index in [4.69, 9.17) is 5.11 Å². The molecule has 0 aliphatic heterocycles. The van der Waals surface area contributed by atoms with Gasteiger partial charge in [-0.3, -0.25) is 0 Å². The molecule has 0 saturated heterocycles. The van der Waals surface area contributed by atoms with Gasteiger partial charge in [0.05, 0.1) is 18.8 Å². The number of anilines is 1. The van der Waals surface area contributed by atoms with E-state index in [9.17, 15) is 0 Å². The molecule has 0 amide bonds. The summed E-state index contributed by atoms with van der Waals surface area (Å²) < 4.78 is 1.84. The summed E-state index contributed by atoms with van der Waals surface area (Å²) in [6.07, 6.45) is 0. The second-order valence-corrected chi connectivity index (χ2v) is 5.76. The van der Waals surface area contributed by atoms with Crippen molar-refractivity contribution in [2.75, 3.05) is 11.9 Å². The fourth-order valence-corrected chi connectivity index (χ4v) is 2.36. The third kappa shape index (κ3) is 3.64. The quantitative estimate of drug-likeness (QED) is 0.857. The van der Waals surface area contributed by atoms with Crippen LogP contribution in [0.15, 0.2) is 24.3 Å². The molecule has 0 aliphatic carbocycles. The summed E-state index contributed by atoms with van der Waals surface area (Å²) in [5.74, 6) is 1.55. The van der Waals surface area contributed by atoms with E-state index in [1.165, 1.54) is 11.1 Å². The van der Waals surface area contributed by atoms with Gasteiger partial charge in [-0.25, -0.2) is 4.68 Å². The maximum atomic E-state index is 9.12. The van der Waals surface area contributed by atoms with Crippen LogP contribution in [0.1, 0.15) is 42.1 Å². The highest BCUT2D eigenvalue weighted by Crippen LogP contribution is 2.20. The zero-order valence-corrected chi connectivity index (χ0v) is 13.3. The fraction of sp³-hybridized carbons (Fsp3) is 0.471. The molecular formula is C17H25N3O. The predicted molar refractivity (Wildman–Crippen MR) is 86.6 cm³/mol. The van der Waals surface area contributed by atoms with E-state index in [1.807, 2.05) is 11.6 Å². The van der Waals surface area contributed by atoms with Gasteiger partial charge < -0.3 is 10.4 Å². The molecule has 2 aromatic rings. The van der Waals surface area contributed by atoms with E-state index < -0.39 is 0 Å². The molecule has 0 fully saturated rings. The van der Waals surface area contributed by atoms with Crippen LogP contribution in [0.3, 0.4) is 0 Å². The summed E-state index contributed by atoms with van der Waals surface area (Å²) in [7, 11) is 0. The topological polar surface area (TPSA) is 50.1 Å². The number of benzene rings is 1. The van der Waals surface area contributed by atoms with E-state index >= 15 is 0 Å². The molecule has 0 atom stereocenters. The first-order valence-corrected chi connectivity index (χ1v) is 7.50. The molecule has 0 spiro atoms. The zero-order valence-electron chi connectivity index (χ0n) is 13.3. The lowest BCUT2D eigenvalue weighted by atomic mass is 10.0. The molecule has 0 saturated carbocycles. The molecule has 4 nitrogen and oxygen atoms in total. The molecule has 0 radical (unpaired) electrons. The first kappa shape index (κ1) is 15.6. The minimum Gasteiger partial charge on any atom is -0.394 e. The summed E-state index contributed by atoms with van der Waals surface area (Å²) >= 11 is 0. The van der Waals surface area contributed by atoms with Crippen molar-refractivity contribution >= 4 is 5.82 Å². The maximum absolute atomic E-state index is 9.12. The van der Waals surface area contributed by atoms with Crippen LogP contribution in [0.2, 0.25) is 0 Å². The lowest BCUT2D eigenvalue weighted by Crippen LogP contribution is -2.11. The SMILES string of the molecule is Cc1nn(CCO)c(NCc2ccc(C(C)C)cc2)c1C. The molecule has 1 aromatic carbocycles. The van der Waals surface area contributed by atoms with E-state index in [0.717, 1.165) is 23.6 Å². The van der Waals surface area contributed by atoms with Gasteiger partial charge in [0.2, 0.25) is 0 Å². The van der Waals surface area contributed by atoms with E-state index in [-0.39, 0.29) is 6.61 Å². The number of aliphatic hydroxyl groups excluding tert-OH is 1. The molecule has 2 N–H and O–H groups in total. The van der Waals surface area contributed by atoms with Gasteiger partial charge in [0.1, 0.15) is 5.82 Å². The highest BCUT2D eigenvalue weighted by molar-refractivity contribution is 5.47. The van der Waals surface area contributed by atoms with Crippen LogP contribution in [0.4, 0.5) is 5.82 Å². The van der Waals surface area contributed by atoms with Crippen LogP contribution >= 0.6 is 0 Å². The Labute approximate surface area is 126 Å². The van der Waals surface area contributed by atoms with Crippen LogP contribution in [0.25, 0.3) is 0 Å².